The minimum atomic E-state index is 0.639. The summed E-state index contributed by atoms with van der Waals surface area (Å²) in [6.07, 6.45) is 17.5. The molecule has 0 aromatic carbocycles. The van der Waals surface area contributed by atoms with Gasteiger partial charge in [0.25, 0.3) is 0 Å². The van der Waals surface area contributed by atoms with E-state index in [4.69, 9.17) is 0 Å². The summed E-state index contributed by atoms with van der Waals surface area (Å²) < 4.78 is 0. The van der Waals surface area contributed by atoms with Crippen LogP contribution in [0.1, 0.15) is 13.8 Å². The van der Waals surface area contributed by atoms with Crippen LogP contribution in [0.15, 0.2) is 102 Å². The van der Waals surface area contributed by atoms with Gasteiger partial charge in [-0.05, 0) is 31.1 Å². The molecular weight excluding hydrogens is 294 g/mol. The first-order valence-electron chi connectivity index (χ1n) is 7.98. The van der Waals surface area contributed by atoms with E-state index in [1.54, 1.807) is 6.20 Å². The second-order valence-electron chi connectivity index (χ2n) is 5.23. The van der Waals surface area contributed by atoms with Gasteiger partial charge in [-0.25, -0.2) is 0 Å². The largest absolute Gasteiger partial charge is 0.371 e. The molecule has 1 heterocycles. The van der Waals surface area contributed by atoms with Gasteiger partial charge < -0.3 is 5.32 Å². The first-order chi connectivity index (χ1) is 11.6. The van der Waals surface area contributed by atoms with Crippen molar-refractivity contribution in [3.8, 4) is 0 Å². The van der Waals surface area contributed by atoms with Crippen LogP contribution in [0.5, 0.6) is 0 Å². The Morgan fingerprint density at radius 3 is 2.50 bits per heavy atom. The van der Waals surface area contributed by atoms with Crippen molar-refractivity contribution < 1.29 is 0 Å². The molecule has 1 aliphatic rings. The summed E-state index contributed by atoms with van der Waals surface area (Å²) in [5.74, 6) is 0. The number of nitrogens with one attached hydrogen (secondary N) is 2. The molecule has 0 spiro atoms. The lowest BCUT2D eigenvalue weighted by molar-refractivity contribution is 0.691. The van der Waals surface area contributed by atoms with Crippen molar-refractivity contribution in [3.63, 3.8) is 0 Å². The van der Waals surface area contributed by atoms with Crippen molar-refractivity contribution in [2.75, 3.05) is 13.2 Å². The molecule has 0 aromatic heterocycles. The van der Waals surface area contributed by atoms with Gasteiger partial charge >= 0.3 is 0 Å². The van der Waals surface area contributed by atoms with Crippen LogP contribution >= 0.6 is 0 Å². The smallest absolute Gasteiger partial charge is 0.0927 e. The van der Waals surface area contributed by atoms with Gasteiger partial charge in [0.2, 0.25) is 0 Å². The molecule has 0 fully saturated rings. The molecule has 1 aliphatic heterocycles. The van der Waals surface area contributed by atoms with E-state index in [0.29, 0.717) is 6.67 Å². The fourth-order valence-electron chi connectivity index (χ4n) is 2.04. The molecule has 0 bridgehead atoms. The zero-order valence-electron chi connectivity index (χ0n) is 14.7. The maximum atomic E-state index is 4.56. The summed E-state index contributed by atoms with van der Waals surface area (Å²) in [5, 5.41) is 6.46. The highest BCUT2D eigenvalue weighted by Crippen LogP contribution is 2.13. The number of rotatable bonds is 6. The van der Waals surface area contributed by atoms with E-state index in [-0.39, 0.29) is 0 Å². The van der Waals surface area contributed by atoms with Gasteiger partial charge in [0.1, 0.15) is 0 Å². The molecule has 1 rings (SSSR count). The van der Waals surface area contributed by atoms with E-state index in [0.717, 1.165) is 34.7 Å². The maximum absolute atomic E-state index is 4.56. The van der Waals surface area contributed by atoms with Crippen molar-refractivity contribution in [2.45, 2.75) is 13.8 Å². The molecule has 126 valence electrons. The lowest BCUT2D eigenvalue weighted by Gasteiger charge is -2.13. The van der Waals surface area contributed by atoms with Gasteiger partial charge in [-0.3, -0.25) is 10.3 Å². The van der Waals surface area contributed by atoms with Gasteiger partial charge in [0, 0.05) is 18.3 Å². The molecule has 0 aromatic rings. The predicted octanol–water partition coefficient (Wildman–Crippen LogP) is 4.35. The Morgan fingerprint density at radius 2 is 1.79 bits per heavy atom. The molecule has 0 amide bonds. The van der Waals surface area contributed by atoms with E-state index in [1.165, 1.54) is 0 Å². The number of aliphatic imine (C=N–C) groups is 1. The minimum Gasteiger partial charge on any atom is -0.371 e. The fraction of sp³-hybridized carbons (Fsp3) is 0.190. The summed E-state index contributed by atoms with van der Waals surface area (Å²) in [6.45, 7) is 17.5. The number of hydrogen-bond donors (Lipinski definition) is 2. The summed E-state index contributed by atoms with van der Waals surface area (Å²) in [7, 11) is 0. The molecule has 0 radical (unpaired) electrons. The summed E-state index contributed by atoms with van der Waals surface area (Å²) in [6, 6.07) is 0. The van der Waals surface area contributed by atoms with Gasteiger partial charge in [0.15, 0.2) is 0 Å². The van der Waals surface area contributed by atoms with E-state index in [1.807, 2.05) is 62.5 Å². The highest BCUT2D eigenvalue weighted by molar-refractivity contribution is 6.14. The number of hydrogen-bond acceptors (Lipinski definition) is 3. The van der Waals surface area contributed by atoms with Crippen LogP contribution in [0.2, 0.25) is 0 Å². The van der Waals surface area contributed by atoms with Crippen molar-refractivity contribution in [1.29, 1.82) is 0 Å². The topological polar surface area (TPSA) is 36.4 Å². The van der Waals surface area contributed by atoms with Gasteiger partial charge in [0.05, 0.1) is 18.1 Å². The molecule has 24 heavy (non-hydrogen) atoms. The Kier molecular flexibility index (Phi) is 8.87. The molecule has 0 saturated carbocycles. The van der Waals surface area contributed by atoms with Crippen LogP contribution in [0.4, 0.5) is 0 Å². The van der Waals surface area contributed by atoms with Crippen LogP contribution in [0, 0.1) is 0 Å². The molecular formula is C21H27N3. The van der Waals surface area contributed by atoms with Crippen LogP contribution in [0.3, 0.4) is 0 Å². The van der Waals surface area contributed by atoms with Crippen molar-refractivity contribution in [2.24, 2.45) is 4.99 Å². The first kappa shape index (κ1) is 19.4. The molecule has 3 heteroatoms. The van der Waals surface area contributed by atoms with Crippen LogP contribution in [0.25, 0.3) is 0 Å². The Balaban J connectivity index is 3.25. The van der Waals surface area contributed by atoms with E-state index in [2.05, 4.69) is 35.4 Å². The van der Waals surface area contributed by atoms with Crippen molar-refractivity contribution in [3.05, 3.63) is 97.0 Å². The Hall–Kier alpha value is -2.65. The van der Waals surface area contributed by atoms with E-state index < -0.39 is 0 Å². The first-order valence-corrected chi connectivity index (χ1v) is 7.98. The summed E-state index contributed by atoms with van der Waals surface area (Å²) >= 11 is 0. The van der Waals surface area contributed by atoms with Crippen molar-refractivity contribution >= 4 is 5.71 Å². The molecule has 0 atom stereocenters. The van der Waals surface area contributed by atoms with Crippen LogP contribution in [-0.2, 0) is 0 Å². The summed E-state index contributed by atoms with van der Waals surface area (Å²) in [5.41, 5.74) is 4.28. The van der Waals surface area contributed by atoms with Crippen LogP contribution in [-0.4, -0.2) is 18.9 Å². The highest BCUT2D eigenvalue weighted by Gasteiger charge is 2.09. The number of allylic oxidation sites excluding steroid dienone is 10. The van der Waals surface area contributed by atoms with Gasteiger partial charge in [-0.1, -0.05) is 62.3 Å². The standard InChI is InChI=1S/C21H27N3/c1-6-9-17(3)11-12-20(15-18(4)10-7-2)21-19(5)24-16-22-13-8-14-23-21/h6-12,14-15,22,24H,3-5,13,16H2,1-2H3/b9-6-,10-7-,12-11-,14-8-,20-15+,23-21+. The average molecular weight is 321 g/mol. The third-order valence-corrected chi connectivity index (χ3v) is 3.14. The van der Waals surface area contributed by atoms with Crippen LogP contribution < -0.4 is 10.6 Å². The highest BCUT2D eigenvalue weighted by atomic mass is 15.1. The Labute approximate surface area is 146 Å². The monoisotopic (exact) mass is 321 g/mol. The summed E-state index contributed by atoms with van der Waals surface area (Å²) in [4.78, 5) is 4.56. The normalized spacial score (nSPS) is 20.3. The zero-order valence-corrected chi connectivity index (χ0v) is 14.7. The second-order valence-corrected chi connectivity index (χ2v) is 5.23. The minimum absolute atomic E-state index is 0.639. The molecule has 0 aliphatic carbocycles. The molecule has 2 N–H and O–H groups in total. The number of nitrogens with zero attached hydrogens (tertiary/aromatic N) is 1. The van der Waals surface area contributed by atoms with E-state index >= 15 is 0 Å². The zero-order chi connectivity index (χ0) is 17.8. The SMILES string of the molecule is C=C(/C=C\C)\C=C/C(=C\C(=C)/C=C\C)C1=N/C=C\CNCNC\1=C. The maximum Gasteiger partial charge on any atom is 0.0927 e. The Bertz CT molecular complexity index is 653. The van der Waals surface area contributed by atoms with Gasteiger partial charge in [-0.15, -0.1) is 0 Å². The van der Waals surface area contributed by atoms with E-state index in [9.17, 15) is 0 Å². The van der Waals surface area contributed by atoms with Crippen molar-refractivity contribution in [1.82, 2.24) is 10.6 Å². The predicted molar refractivity (Wildman–Crippen MR) is 107 cm³/mol. The lowest BCUT2D eigenvalue weighted by atomic mass is 10.0. The fourth-order valence-corrected chi connectivity index (χ4v) is 2.04. The molecule has 0 unspecified atom stereocenters. The van der Waals surface area contributed by atoms with Gasteiger partial charge in [-0.2, -0.15) is 0 Å². The lowest BCUT2D eigenvalue weighted by Crippen LogP contribution is -2.30. The quantitative estimate of drug-likeness (QED) is 0.714. The third-order valence-electron chi connectivity index (χ3n) is 3.14. The Morgan fingerprint density at radius 1 is 1.08 bits per heavy atom. The second kappa shape index (κ2) is 11.0. The third kappa shape index (κ3) is 7.07. The molecule has 0 saturated heterocycles. The molecule has 3 nitrogen and oxygen atoms in total. The average Bonchev–Trinajstić information content (AvgIpc) is 2.64.